The van der Waals surface area contributed by atoms with E-state index in [1.807, 2.05) is 32.2 Å². The van der Waals surface area contributed by atoms with Gasteiger partial charge in [0.2, 0.25) is 0 Å². The molecule has 6 bridgehead atoms. The Labute approximate surface area is 452 Å². The number of aromatic hydroxyl groups is 1. The number of carbonyl (C=O) groups is 2. The molecular weight excluding hydrogens is 951 g/mol. The highest BCUT2D eigenvalue weighted by molar-refractivity contribution is 6.01. The van der Waals surface area contributed by atoms with Crippen LogP contribution in [0.3, 0.4) is 0 Å². The predicted molar refractivity (Wildman–Crippen MR) is 295 cm³/mol. The number of ketones is 2. The summed E-state index contributed by atoms with van der Waals surface area (Å²) in [4.78, 5) is 32.2. The van der Waals surface area contributed by atoms with Crippen molar-refractivity contribution in [3.05, 3.63) is 82.5 Å². The van der Waals surface area contributed by atoms with E-state index in [1.54, 1.807) is 6.07 Å². The molecule has 11 heteroatoms. The monoisotopic (exact) mass is 1040 g/mol. The van der Waals surface area contributed by atoms with Gasteiger partial charge in [-0.1, -0.05) is 69.0 Å². The second-order valence-electron chi connectivity index (χ2n) is 28.0. The normalized spacial score (nSPS) is 46.1. The van der Waals surface area contributed by atoms with Crippen molar-refractivity contribution in [1.82, 2.24) is 10.6 Å². The number of anilines is 1. The first-order chi connectivity index (χ1) is 36.4. The maximum Gasteiger partial charge on any atom is 0.160 e. The van der Waals surface area contributed by atoms with E-state index in [0.717, 1.165) is 106 Å². The van der Waals surface area contributed by atoms with Gasteiger partial charge in [0.05, 0.1) is 23.2 Å². The number of phenols is 1. The number of aliphatic hydroxyl groups excluding tert-OH is 3. The van der Waals surface area contributed by atoms with Gasteiger partial charge in [0, 0.05) is 55.3 Å². The Morgan fingerprint density at radius 1 is 0.921 bits per heavy atom. The molecule has 2 heterocycles. The summed E-state index contributed by atoms with van der Waals surface area (Å²) < 4.78 is 6.79. The molecule has 5 saturated carbocycles. The molecule has 2 aliphatic heterocycles. The molecule has 9 N–H and O–H groups in total. The molecule has 414 valence electrons. The lowest BCUT2D eigenvalue weighted by Crippen LogP contribution is -2.74. The summed E-state index contributed by atoms with van der Waals surface area (Å²) in [5, 5.41) is 66.9. The number of nitrogen functional groups attached to an aromatic ring is 1. The molecule has 13 rings (SSSR count). The molecule has 7 fully saturated rings. The summed E-state index contributed by atoms with van der Waals surface area (Å²) >= 11 is 0. The third kappa shape index (κ3) is 8.01. The minimum atomic E-state index is -0.952. The third-order valence-corrected chi connectivity index (χ3v) is 24.3. The number of benzene rings is 2. The Bertz CT molecular complexity index is 2650. The highest BCUT2D eigenvalue weighted by Crippen LogP contribution is 2.80. The first-order valence-corrected chi connectivity index (χ1v) is 30.2. The summed E-state index contributed by atoms with van der Waals surface area (Å²) in [5.74, 6) is 0.551. The number of Topliss-reactive ketones (excluding diaryl/α,β-unsaturated/α-hetero) is 2. The average Bonchev–Trinajstić information content (AvgIpc) is 3.90. The van der Waals surface area contributed by atoms with Gasteiger partial charge in [-0.05, 0) is 227 Å². The van der Waals surface area contributed by atoms with Crippen molar-refractivity contribution in [2.75, 3.05) is 32.5 Å². The molecule has 20 unspecified atom stereocenters. The molecular formula is C65H91N3O8. The molecule has 2 aromatic carbocycles. The van der Waals surface area contributed by atoms with E-state index in [9.17, 15) is 25.5 Å². The molecule has 0 aromatic heterocycles. The molecule has 2 aromatic rings. The Morgan fingerprint density at radius 3 is 2.50 bits per heavy atom. The van der Waals surface area contributed by atoms with Crippen molar-refractivity contribution in [1.29, 1.82) is 0 Å². The molecule has 2 saturated heterocycles. The van der Waals surface area contributed by atoms with Crippen LogP contribution in [-0.4, -0.2) is 93.4 Å². The quantitative estimate of drug-likeness (QED) is 0.0641. The zero-order valence-corrected chi connectivity index (χ0v) is 46.4. The van der Waals surface area contributed by atoms with E-state index in [4.69, 9.17) is 10.5 Å². The van der Waals surface area contributed by atoms with E-state index in [1.165, 1.54) is 11.1 Å². The van der Waals surface area contributed by atoms with E-state index < -0.39 is 44.9 Å². The molecule has 9 aliphatic carbocycles. The van der Waals surface area contributed by atoms with Crippen LogP contribution in [0.2, 0.25) is 0 Å². The summed E-state index contributed by atoms with van der Waals surface area (Å²) in [7, 11) is 1.90. The number of carbonyl (C=O) groups excluding carboxylic acids is 2. The first-order valence-electron chi connectivity index (χ1n) is 30.2. The second-order valence-corrected chi connectivity index (χ2v) is 28.0. The number of fused-ring (bicyclic) bond motifs is 3. The van der Waals surface area contributed by atoms with Gasteiger partial charge in [-0.25, -0.2) is 0 Å². The van der Waals surface area contributed by atoms with Crippen LogP contribution in [0.4, 0.5) is 5.69 Å². The second kappa shape index (κ2) is 19.4. The average molecular weight is 1040 g/mol. The summed E-state index contributed by atoms with van der Waals surface area (Å²) in [6.07, 6.45) is 17.8. The number of allylic oxidation sites excluding steroid dienone is 4. The molecule has 76 heavy (non-hydrogen) atoms. The molecule has 0 amide bonds. The zero-order chi connectivity index (χ0) is 53.3. The fourth-order valence-electron chi connectivity index (χ4n) is 21.4. The van der Waals surface area contributed by atoms with Gasteiger partial charge in [0.15, 0.2) is 5.78 Å². The predicted octanol–water partition coefficient (Wildman–Crippen LogP) is 9.44. The van der Waals surface area contributed by atoms with Crippen molar-refractivity contribution < 1.29 is 39.9 Å². The van der Waals surface area contributed by atoms with Gasteiger partial charge < -0.3 is 46.6 Å². The van der Waals surface area contributed by atoms with Gasteiger partial charge in [0.25, 0.3) is 0 Å². The van der Waals surface area contributed by atoms with Crippen LogP contribution in [0, 0.1) is 74.9 Å². The summed E-state index contributed by atoms with van der Waals surface area (Å²) in [6.45, 7) is 10.1. The van der Waals surface area contributed by atoms with E-state index in [-0.39, 0.29) is 95.9 Å². The van der Waals surface area contributed by atoms with Crippen LogP contribution >= 0.6 is 0 Å². The van der Waals surface area contributed by atoms with Crippen LogP contribution in [0.5, 0.6) is 5.75 Å². The number of rotatable bonds is 10. The van der Waals surface area contributed by atoms with Gasteiger partial charge in [-0.3, -0.25) is 9.59 Å². The number of aliphatic hydroxyl groups is 4. The van der Waals surface area contributed by atoms with Crippen LogP contribution in [0.15, 0.2) is 65.8 Å². The number of β-amino-alcohol motifs (C(OH)–C–C–N with tert-alkyl or cyclic N) is 1. The number of nitrogens with two attached hydrogens (primary N) is 1. The zero-order valence-electron chi connectivity index (χ0n) is 46.4. The standard InChI is InChI=1S/C65H91N3O8/c1-60(75)22-6-7-23-64-24-10-15-50(55(58(64)74)41-25-38(33-67-5)26-44(71)29-41)62(3)54-21-20-49-56-47(30-52(72)59-63(4,76-59)48-14-9-13-45(48)40-11-8-12-43(66)28-40)46-27-37(34-69)16-17-39(46)18-19-42(35-70)65(54,61(49,2)32-53(56)73)31-51(57(62)64)68-36-60/h8,10-12,15,25-26,28-29,37,39,42,45-48,50-52,54-55,57,59,67-72,75H,6-7,9,13-14,16-24,27,30-36,66H2,1-5H3. The highest BCUT2D eigenvalue weighted by Gasteiger charge is 2.78. The van der Waals surface area contributed by atoms with Gasteiger partial charge >= 0.3 is 0 Å². The Balaban J connectivity index is 1.00. The number of hydrogen-bond donors (Lipinski definition) is 8. The van der Waals surface area contributed by atoms with Crippen molar-refractivity contribution in [2.24, 2.45) is 74.9 Å². The summed E-state index contributed by atoms with van der Waals surface area (Å²) in [6, 6.07) is 13.9. The lowest BCUT2D eigenvalue weighted by atomic mass is 9.29. The number of phenolic OH excluding ortho intramolecular Hbond substituents is 1. The van der Waals surface area contributed by atoms with Gasteiger partial charge in [-0.2, -0.15) is 0 Å². The maximum atomic E-state index is 16.2. The topological polar surface area (TPSA) is 198 Å². The van der Waals surface area contributed by atoms with Crippen molar-refractivity contribution >= 4 is 17.3 Å². The molecule has 0 radical (unpaired) electrons. The smallest absolute Gasteiger partial charge is 0.160 e. The molecule has 11 aliphatic rings. The molecule has 2 spiro atoms. The largest absolute Gasteiger partial charge is 0.508 e. The lowest BCUT2D eigenvalue weighted by Gasteiger charge is -2.74. The van der Waals surface area contributed by atoms with E-state index >= 15 is 9.59 Å². The van der Waals surface area contributed by atoms with Crippen LogP contribution < -0.4 is 16.4 Å². The third-order valence-electron chi connectivity index (χ3n) is 24.3. The highest BCUT2D eigenvalue weighted by atomic mass is 16.6. The fraction of sp³-hybridized carbons (Fsp3) is 0.723. The minimum absolute atomic E-state index is 0.00382. The maximum absolute atomic E-state index is 16.2. The van der Waals surface area contributed by atoms with Crippen molar-refractivity contribution in [3.63, 3.8) is 0 Å². The van der Waals surface area contributed by atoms with Crippen LogP contribution in [-0.2, 0) is 20.9 Å². The number of hydrogen-bond acceptors (Lipinski definition) is 11. The first kappa shape index (κ1) is 53.2. The van der Waals surface area contributed by atoms with Crippen LogP contribution in [0.25, 0.3) is 0 Å². The van der Waals surface area contributed by atoms with Crippen molar-refractivity contribution in [3.8, 4) is 5.75 Å². The van der Waals surface area contributed by atoms with Gasteiger partial charge in [-0.15, -0.1) is 0 Å². The Hall–Kier alpha value is -3.42. The number of epoxide rings is 1. The van der Waals surface area contributed by atoms with E-state index in [2.05, 4.69) is 61.8 Å². The number of nitrogens with one attached hydrogen (secondary N) is 2. The minimum Gasteiger partial charge on any atom is -0.508 e. The van der Waals surface area contributed by atoms with Crippen LogP contribution in [0.1, 0.15) is 172 Å². The lowest BCUT2D eigenvalue weighted by molar-refractivity contribution is -0.237. The van der Waals surface area contributed by atoms with Crippen molar-refractivity contribution in [2.45, 2.75) is 191 Å². The Morgan fingerprint density at radius 2 is 1.72 bits per heavy atom. The Kier molecular flexibility index (Phi) is 13.6. The SMILES string of the molecule is CNCc1cc(O)cc(C2C(=O)C34CC=CC2C2(C)C3C(CC35C(CO)CCC6CCC(CO)CC6C(CC(O)C6OC6(C)C6CCCC6c6cccc(N)c6)C6=C(CCC23)C5(C)CC6=O)NCC(C)(O)CCCC4)c1. The molecule has 11 nitrogen and oxygen atoms in total. The van der Waals surface area contributed by atoms with E-state index in [0.29, 0.717) is 51.1 Å². The number of ether oxygens (including phenoxy) is 1. The fourth-order valence-corrected chi connectivity index (χ4v) is 21.4. The van der Waals surface area contributed by atoms with Gasteiger partial charge in [0.1, 0.15) is 17.6 Å². The summed E-state index contributed by atoms with van der Waals surface area (Å²) in [5.41, 5.74) is 8.47. The molecule has 20 atom stereocenters.